The first kappa shape index (κ1) is 27.6. The van der Waals surface area contributed by atoms with Crippen LogP contribution in [0.25, 0.3) is 0 Å². The molecule has 40 heavy (non-hydrogen) atoms. The average molecular weight is 563 g/mol. The maximum atomic E-state index is 13.5. The fourth-order valence-electron chi connectivity index (χ4n) is 3.45. The molecule has 0 spiro atoms. The van der Waals surface area contributed by atoms with E-state index in [-0.39, 0.29) is 38.9 Å². The number of sulfone groups is 1. The molecule has 0 bridgehead atoms. The lowest BCUT2D eigenvalue weighted by Gasteiger charge is -2.13. The third-order valence-electron chi connectivity index (χ3n) is 5.58. The van der Waals surface area contributed by atoms with Crippen molar-refractivity contribution in [2.45, 2.75) is 16.7 Å². The molecule has 0 aliphatic rings. The van der Waals surface area contributed by atoms with Gasteiger partial charge in [-0.1, -0.05) is 17.7 Å². The Labute approximate surface area is 226 Å². The van der Waals surface area contributed by atoms with Gasteiger partial charge in [-0.15, -0.1) is 0 Å². The standard InChI is InChI=1S/C27H18N2O10S/c1-17-2-13-23(14-3-17)40(36,37)25-16-22(38-26(30)18-4-8-20(9-5-18)28(32)33)12-15-24(25)39-27(31)19-6-10-21(11-7-19)29(34)35/h2-16H,1H3. The number of nitrogens with zero attached hydrogens (tertiary/aromatic N) is 2. The molecule has 0 fully saturated rings. The molecule has 0 unspecified atom stereocenters. The van der Waals surface area contributed by atoms with Crippen LogP contribution in [0.4, 0.5) is 11.4 Å². The average Bonchev–Trinajstić information content (AvgIpc) is 2.94. The normalized spacial score (nSPS) is 10.9. The van der Waals surface area contributed by atoms with Gasteiger partial charge >= 0.3 is 11.9 Å². The number of hydrogen-bond donors (Lipinski definition) is 0. The SMILES string of the molecule is Cc1ccc(S(=O)(=O)c2cc(OC(=O)c3ccc([N+](=O)[O-])cc3)ccc2OC(=O)c2ccc([N+](=O)[O-])cc2)cc1. The van der Waals surface area contributed by atoms with Crippen LogP contribution in [0.2, 0.25) is 0 Å². The Hall–Kier alpha value is -5.43. The Balaban J connectivity index is 1.69. The molecule has 4 aromatic rings. The molecule has 4 rings (SSSR count). The van der Waals surface area contributed by atoms with E-state index in [0.29, 0.717) is 0 Å². The van der Waals surface area contributed by atoms with Gasteiger partial charge in [-0.2, -0.15) is 0 Å². The fourth-order valence-corrected chi connectivity index (χ4v) is 4.85. The van der Waals surface area contributed by atoms with Crippen molar-refractivity contribution in [3.63, 3.8) is 0 Å². The van der Waals surface area contributed by atoms with E-state index in [1.807, 2.05) is 0 Å². The summed E-state index contributed by atoms with van der Waals surface area (Å²) in [5, 5.41) is 21.7. The van der Waals surface area contributed by atoms with Crippen molar-refractivity contribution < 1.29 is 37.3 Å². The number of aryl methyl sites for hydroxylation is 1. The van der Waals surface area contributed by atoms with Crippen LogP contribution in [0.15, 0.2) is 101 Å². The molecular formula is C27H18N2O10S. The van der Waals surface area contributed by atoms with E-state index in [9.17, 15) is 38.2 Å². The maximum absolute atomic E-state index is 13.5. The number of carbonyl (C=O) groups excluding carboxylic acids is 2. The zero-order valence-electron chi connectivity index (χ0n) is 20.5. The van der Waals surface area contributed by atoms with E-state index in [2.05, 4.69) is 0 Å². The second kappa shape index (κ2) is 11.1. The lowest BCUT2D eigenvalue weighted by molar-refractivity contribution is -0.385. The van der Waals surface area contributed by atoms with Gasteiger partial charge in [-0.05, 0) is 55.5 Å². The number of ether oxygens (including phenoxy) is 2. The highest BCUT2D eigenvalue weighted by atomic mass is 32.2. The quantitative estimate of drug-likeness (QED) is 0.122. The summed E-state index contributed by atoms with van der Waals surface area (Å²) in [7, 11) is -4.30. The second-order valence-electron chi connectivity index (χ2n) is 8.31. The monoisotopic (exact) mass is 562 g/mol. The molecule has 4 aromatic carbocycles. The Morgan fingerprint density at radius 3 is 1.62 bits per heavy atom. The molecule has 0 heterocycles. The van der Waals surface area contributed by atoms with E-state index >= 15 is 0 Å². The minimum Gasteiger partial charge on any atom is -0.423 e. The summed E-state index contributed by atoms with van der Waals surface area (Å²) in [5.74, 6) is -2.47. The lowest BCUT2D eigenvalue weighted by atomic mass is 10.2. The van der Waals surface area contributed by atoms with Crippen LogP contribution in [0.3, 0.4) is 0 Å². The van der Waals surface area contributed by atoms with Crippen LogP contribution < -0.4 is 9.47 Å². The van der Waals surface area contributed by atoms with Crippen LogP contribution in [0.1, 0.15) is 26.3 Å². The molecule has 0 N–H and O–H groups in total. The number of rotatable bonds is 8. The number of carbonyl (C=O) groups is 2. The summed E-state index contributed by atoms with van der Waals surface area (Å²) in [5.41, 5.74) is 0.218. The van der Waals surface area contributed by atoms with Crippen molar-refractivity contribution in [1.82, 2.24) is 0 Å². The van der Waals surface area contributed by atoms with Gasteiger partial charge in [-0.3, -0.25) is 20.2 Å². The predicted molar refractivity (Wildman–Crippen MR) is 139 cm³/mol. The Kier molecular flexibility index (Phi) is 7.68. The zero-order chi connectivity index (χ0) is 29.0. The fraction of sp³-hybridized carbons (Fsp3) is 0.0370. The van der Waals surface area contributed by atoms with Gasteiger partial charge in [0, 0.05) is 30.3 Å². The lowest BCUT2D eigenvalue weighted by Crippen LogP contribution is -2.13. The number of hydrogen-bond acceptors (Lipinski definition) is 10. The molecular weight excluding hydrogens is 544 g/mol. The van der Waals surface area contributed by atoms with Gasteiger partial charge in [0.25, 0.3) is 11.4 Å². The van der Waals surface area contributed by atoms with Gasteiger partial charge in [-0.25, -0.2) is 18.0 Å². The number of benzene rings is 4. The van der Waals surface area contributed by atoms with Crippen molar-refractivity contribution in [2.75, 3.05) is 0 Å². The molecule has 13 heteroatoms. The smallest absolute Gasteiger partial charge is 0.343 e. The van der Waals surface area contributed by atoms with Crippen LogP contribution in [-0.4, -0.2) is 30.2 Å². The third kappa shape index (κ3) is 6.00. The maximum Gasteiger partial charge on any atom is 0.343 e. The molecule has 0 radical (unpaired) electrons. The first-order valence-electron chi connectivity index (χ1n) is 11.3. The Morgan fingerprint density at radius 2 is 1.15 bits per heavy atom. The van der Waals surface area contributed by atoms with Crippen LogP contribution in [0, 0.1) is 27.2 Å². The summed E-state index contributed by atoms with van der Waals surface area (Å²) < 4.78 is 37.7. The summed E-state index contributed by atoms with van der Waals surface area (Å²) in [6.07, 6.45) is 0. The summed E-state index contributed by atoms with van der Waals surface area (Å²) in [6.45, 7) is 1.77. The minimum absolute atomic E-state index is 0.0257. The summed E-state index contributed by atoms with van der Waals surface area (Å²) in [4.78, 5) is 45.2. The molecule has 0 saturated heterocycles. The van der Waals surface area contributed by atoms with E-state index in [1.165, 1.54) is 30.3 Å². The molecule has 12 nitrogen and oxygen atoms in total. The molecule has 0 saturated carbocycles. The highest BCUT2D eigenvalue weighted by Gasteiger charge is 2.26. The molecule has 0 aliphatic carbocycles. The largest absolute Gasteiger partial charge is 0.423 e. The highest BCUT2D eigenvalue weighted by Crippen LogP contribution is 2.34. The Morgan fingerprint density at radius 1 is 0.675 bits per heavy atom. The Bertz CT molecular complexity index is 1730. The van der Waals surface area contributed by atoms with Crippen LogP contribution in [-0.2, 0) is 9.84 Å². The number of esters is 2. The molecule has 0 atom stereocenters. The molecule has 0 aliphatic heterocycles. The number of nitro benzene ring substituents is 2. The first-order chi connectivity index (χ1) is 19.0. The van der Waals surface area contributed by atoms with Crippen molar-refractivity contribution in [2.24, 2.45) is 0 Å². The molecule has 0 aromatic heterocycles. The van der Waals surface area contributed by atoms with E-state index in [0.717, 1.165) is 54.1 Å². The minimum atomic E-state index is -4.30. The first-order valence-corrected chi connectivity index (χ1v) is 12.8. The van der Waals surface area contributed by atoms with Crippen molar-refractivity contribution in [3.05, 3.63) is 128 Å². The molecule has 202 valence electrons. The zero-order valence-corrected chi connectivity index (χ0v) is 21.4. The summed E-state index contributed by atoms with van der Waals surface area (Å²) >= 11 is 0. The van der Waals surface area contributed by atoms with Crippen LogP contribution >= 0.6 is 0 Å². The van der Waals surface area contributed by atoms with Crippen molar-refractivity contribution >= 4 is 33.2 Å². The topological polar surface area (TPSA) is 173 Å². The van der Waals surface area contributed by atoms with Gasteiger partial charge in [0.2, 0.25) is 9.84 Å². The third-order valence-corrected chi connectivity index (χ3v) is 7.37. The van der Waals surface area contributed by atoms with Crippen molar-refractivity contribution in [1.29, 1.82) is 0 Å². The van der Waals surface area contributed by atoms with Gasteiger partial charge < -0.3 is 9.47 Å². The summed E-state index contributed by atoms with van der Waals surface area (Å²) in [6, 6.07) is 18.3. The van der Waals surface area contributed by atoms with E-state index in [1.54, 1.807) is 19.1 Å². The van der Waals surface area contributed by atoms with Crippen LogP contribution in [0.5, 0.6) is 11.5 Å². The van der Waals surface area contributed by atoms with Gasteiger partial charge in [0.1, 0.15) is 10.6 Å². The second-order valence-corrected chi connectivity index (χ2v) is 10.2. The highest BCUT2D eigenvalue weighted by molar-refractivity contribution is 7.91. The number of nitro groups is 2. The predicted octanol–water partition coefficient (Wildman–Crippen LogP) is 5.08. The number of non-ortho nitro benzene ring substituents is 2. The van der Waals surface area contributed by atoms with E-state index in [4.69, 9.17) is 9.47 Å². The van der Waals surface area contributed by atoms with Gasteiger partial charge in [0.05, 0.1) is 25.9 Å². The van der Waals surface area contributed by atoms with E-state index < -0.39 is 36.5 Å². The van der Waals surface area contributed by atoms with Gasteiger partial charge in [0.15, 0.2) is 5.75 Å². The molecule has 0 amide bonds. The van der Waals surface area contributed by atoms with Crippen molar-refractivity contribution in [3.8, 4) is 11.5 Å².